The van der Waals surface area contributed by atoms with Crippen molar-refractivity contribution in [3.8, 4) is 0 Å². The summed E-state index contributed by atoms with van der Waals surface area (Å²) in [5.74, 6) is -0.158. The number of carbonyl (C=O) groups excluding carboxylic acids is 1. The lowest BCUT2D eigenvalue weighted by atomic mass is 10.3. The number of amides is 1. The molecule has 1 amide bonds. The number of hydrogen-bond donors (Lipinski definition) is 0. The van der Waals surface area contributed by atoms with Crippen LogP contribution in [0.3, 0.4) is 0 Å². The number of nitrogens with zero attached hydrogens (tertiary/aromatic N) is 1. The second-order valence-corrected chi connectivity index (χ2v) is 3.44. The van der Waals surface area contributed by atoms with Crippen LogP contribution in [0.1, 0.15) is 20.3 Å². The minimum Gasteiger partial charge on any atom is -0.371 e. The molecule has 4 nitrogen and oxygen atoms in total. The van der Waals surface area contributed by atoms with E-state index in [4.69, 9.17) is 9.57 Å². The lowest BCUT2D eigenvalue weighted by molar-refractivity contribution is -0.183. The lowest BCUT2D eigenvalue weighted by Crippen LogP contribution is -2.35. The molecule has 1 saturated heterocycles. The van der Waals surface area contributed by atoms with Crippen LogP contribution in [0.2, 0.25) is 0 Å². The fraction of sp³-hybridized carbons (Fsp3) is 0.700. The van der Waals surface area contributed by atoms with E-state index < -0.39 is 0 Å². The maximum atomic E-state index is 11.6. The summed E-state index contributed by atoms with van der Waals surface area (Å²) in [5.41, 5.74) is 0.488. The van der Waals surface area contributed by atoms with Gasteiger partial charge in [0.1, 0.15) is 6.10 Å². The number of hydroxylamine groups is 2. The Morgan fingerprint density at radius 2 is 2.36 bits per heavy atom. The van der Waals surface area contributed by atoms with Gasteiger partial charge in [-0.25, -0.2) is 5.06 Å². The fourth-order valence-electron chi connectivity index (χ4n) is 0.967. The van der Waals surface area contributed by atoms with Gasteiger partial charge < -0.3 is 4.74 Å². The monoisotopic (exact) mass is 199 g/mol. The van der Waals surface area contributed by atoms with Crippen LogP contribution in [0, 0.1) is 0 Å². The van der Waals surface area contributed by atoms with Gasteiger partial charge in [0, 0.05) is 5.57 Å². The molecule has 0 aromatic rings. The van der Waals surface area contributed by atoms with Crippen molar-refractivity contribution < 1.29 is 14.4 Å². The summed E-state index contributed by atoms with van der Waals surface area (Å²) in [6.07, 6.45) is 1.03. The molecule has 1 fully saturated rings. The Labute approximate surface area is 84.4 Å². The maximum Gasteiger partial charge on any atom is 0.272 e. The lowest BCUT2D eigenvalue weighted by Gasteiger charge is -2.20. The van der Waals surface area contributed by atoms with Crippen molar-refractivity contribution in [3.63, 3.8) is 0 Å². The maximum absolute atomic E-state index is 11.6. The molecule has 4 heteroatoms. The van der Waals surface area contributed by atoms with E-state index in [1.165, 1.54) is 5.06 Å². The minimum atomic E-state index is -0.158. The van der Waals surface area contributed by atoms with Gasteiger partial charge in [-0.2, -0.15) is 0 Å². The zero-order valence-electron chi connectivity index (χ0n) is 8.78. The third kappa shape index (κ3) is 3.47. The van der Waals surface area contributed by atoms with E-state index in [1.54, 1.807) is 6.92 Å². The summed E-state index contributed by atoms with van der Waals surface area (Å²) < 4.78 is 5.05. The molecule has 1 aliphatic rings. The molecule has 1 heterocycles. The summed E-state index contributed by atoms with van der Waals surface area (Å²) in [5, 5.41) is 1.35. The summed E-state index contributed by atoms with van der Waals surface area (Å²) in [6.45, 7) is 9.05. The number of ether oxygens (including phenoxy) is 1. The van der Waals surface area contributed by atoms with Crippen LogP contribution in [0.15, 0.2) is 12.2 Å². The SMILES string of the molecule is C=C(C)C(=O)N(CC1CO1)OCCC. The van der Waals surface area contributed by atoms with E-state index in [1.807, 2.05) is 6.92 Å². The average Bonchev–Trinajstić information content (AvgIpc) is 2.94. The molecule has 0 aliphatic carbocycles. The molecule has 0 saturated carbocycles. The van der Waals surface area contributed by atoms with Crippen molar-refractivity contribution in [1.82, 2.24) is 5.06 Å². The highest BCUT2D eigenvalue weighted by atomic mass is 16.7. The summed E-state index contributed by atoms with van der Waals surface area (Å²) in [7, 11) is 0. The first kappa shape index (κ1) is 11.2. The Kier molecular flexibility index (Phi) is 4.10. The first-order valence-corrected chi connectivity index (χ1v) is 4.87. The van der Waals surface area contributed by atoms with Crippen molar-refractivity contribution in [3.05, 3.63) is 12.2 Å². The van der Waals surface area contributed by atoms with Crippen molar-refractivity contribution in [1.29, 1.82) is 0 Å². The Morgan fingerprint density at radius 3 is 2.79 bits per heavy atom. The predicted octanol–water partition coefficient (Wildman–Crippen LogP) is 1.13. The van der Waals surface area contributed by atoms with Crippen LogP contribution in [0.25, 0.3) is 0 Å². The molecule has 0 aromatic heterocycles. The van der Waals surface area contributed by atoms with Gasteiger partial charge in [-0.3, -0.25) is 9.63 Å². The minimum absolute atomic E-state index is 0.148. The number of rotatable bonds is 6. The molecule has 0 bridgehead atoms. The fourth-order valence-corrected chi connectivity index (χ4v) is 0.967. The molecule has 14 heavy (non-hydrogen) atoms. The van der Waals surface area contributed by atoms with Crippen molar-refractivity contribution >= 4 is 5.91 Å². The molecule has 0 aromatic carbocycles. The topological polar surface area (TPSA) is 42.1 Å². The first-order chi connectivity index (χ1) is 6.65. The highest BCUT2D eigenvalue weighted by molar-refractivity contribution is 5.91. The van der Waals surface area contributed by atoms with Crippen LogP contribution in [-0.4, -0.2) is 36.8 Å². The highest BCUT2D eigenvalue weighted by Gasteiger charge is 2.28. The van der Waals surface area contributed by atoms with Crippen molar-refractivity contribution in [2.75, 3.05) is 19.8 Å². The highest BCUT2D eigenvalue weighted by Crippen LogP contribution is 2.12. The van der Waals surface area contributed by atoms with Crippen LogP contribution in [-0.2, 0) is 14.4 Å². The molecule has 0 N–H and O–H groups in total. The zero-order chi connectivity index (χ0) is 10.6. The molecule has 80 valence electrons. The standard InChI is InChI=1S/C10H17NO3/c1-4-5-14-11(6-9-7-13-9)10(12)8(2)3/h9H,2,4-7H2,1,3H3. The van der Waals surface area contributed by atoms with Gasteiger partial charge in [-0.15, -0.1) is 0 Å². The van der Waals surface area contributed by atoms with Gasteiger partial charge in [-0.1, -0.05) is 13.5 Å². The smallest absolute Gasteiger partial charge is 0.272 e. The molecule has 0 radical (unpaired) electrons. The third-order valence-electron chi connectivity index (χ3n) is 1.81. The van der Waals surface area contributed by atoms with Crippen LogP contribution >= 0.6 is 0 Å². The van der Waals surface area contributed by atoms with E-state index in [9.17, 15) is 4.79 Å². The normalized spacial score (nSPS) is 19.1. The largest absolute Gasteiger partial charge is 0.371 e. The number of epoxide rings is 1. The Bertz CT molecular complexity index is 223. The van der Waals surface area contributed by atoms with Crippen molar-refractivity contribution in [2.45, 2.75) is 26.4 Å². The Balaban J connectivity index is 2.41. The Morgan fingerprint density at radius 1 is 1.71 bits per heavy atom. The van der Waals surface area contributed by atoms with Gasteiger partial charge in [-0.05, 0) is 13.3 Å². The molecular weight excluding hydrogens is 182 g/mol. The van der Waals surface area contributed by atoms with Gasteiger partial charge in [0.25, 0.3) is 5.91 Å². The first-order valence-electron chi connectivity index (χ1n) is 4.87. The van der Waals surface area contributed by atoms with Gasteiger partial charge in [0.2, 0.25) is 0 Å². The molecule has 0 spiro atoms. The molecule has 1 rings (SSSR count). The molecule has 1 atom stereocenters. The van der Waals surface area contributed by atoms with E-state index >= 15 is 0 Å². The van der Waals surface area contributed by atoms with Gasteiger partial charge in [0.05, 0.1) is 19.8 Å². The van der Waals surface area contributed by atoms with E-state index in [-0.39, 0.29) is 12.0 Å². The zero-order valence-corrected chi connectivity index (χ0v) is 8.78. The second kappa shape index (κ2) is 5.12. The molecule has 1 unspecified atom stereocenters. The Hall–Kier alpha value is -0.870. The summed E-state index contributed by atoms with van der Waals surface area (Å²) in [4.78, 5) is 16.9. The van der Waals surface area contributed by atoms with Crippen LogP contribution in [0.4, 0.5) is 0 Å². The number of hydrogen-bond acceptors (Lipinski definition) is 3. The average molecular weight is 199 g/mol. The van der Waals surface area contributed by atoms with Gasteiger partial charge in [0.15, 0.2) is 0 Å². The summed E-state index contributed by atoms with van der Waals surface area (Å²) >= 11 is 0. The molecular formula is C10H17NO3. The molecule has 1 aliphatic heterocycles. The van der Waals surface area contributed by atoms with E-state index in [2.05, 4.69) is 6.58 Å². The van der Waals surface area contributed by atoms with Gasteiger partial charge >= 0.3 is 0 Å². The number of carbonyl (C=O) groups is 1. The van der Waals surface area contributed by atoms with Crippen molar-refractivity contribution in [2.24, 2.45) is 0 Å². The second-order valence-electron chi connectivity index (χ2n) is 3.44. The van der Waals surface area contributed by atoms with Crippen LogP contribution in [0.5, 0.6) is 0 Å². The van der Waals surface area contributed by atoms with E-state index in [0.717, 1.165) is 13.0 Å². The third-order valence-corrected chi connectivity index (χ3v) is 1.81. The predicted molar refractivity (Wildman–Crippen MR) is 52.5 cm³/mol. The summed E-state index contributed by atoms with van der Waals surface area (Å²) in [6, 6.07) is 0. The van der Waals surface area contributed by atoms with Crippen LogP contribution < -0.4 is 0 Å². The quantitative estimate of drug-likeness (QED) is 0.366. The van der Waals surface area contributed by atoms with E-state index in [0.29, 0.717) is 18.7 Å².